The van der Waals surface area contributed by atoms with Gasteiger partial charge in [-0.15, -0.1) is 0 Å². The topological polar surface area (TPSA) is 206 Å². The molecule has 1 aromatic heterocycles. The maximum atomic E-state index is 11.3. The van der Waals surface area contributed by atoms with Gasteiger partial charge in [-0.2, -0.15) is 17.5 Å². The fraction of sp³-hybridized carbons (Fsp3) is 0.148. The normalized spacial score (nSPS) is 11.5. The molecule has 0 aliphatic carbocycles. The second kappa shape index (κ2) is 20.9. The highest BCUT2D eigenvalue weighted by atomic mass is 32.1. The molecular formula is C54H44N6O8S2. The van der Waals surface area contributed by atoms with E-state index in [1.807, 2.05) is 146 Å². The number of rotatable bonds is 20. The number of aromatic nitrogens is 2. The molecule has 8 aromatic rings. The molecule has 4 N–H and O–H groups in total. The minimum Gasteiger partial charge on any atom is -0.481 e. The molecule has 1 aliphatic rings. The Bertz CT molecular complexity index is 2960. The first kappa shape index (κ1) is 46.8. The standard InChI is InChI=1S/C54H44N6O8S2/c61-45(62)29-9-33-1-17-39(18-2-33)59(40-19-3-34(4-20-40)10-30-46(63)64)43-25-13-37(14-26-43)49-51-53(57-69-55-51)50(54-52(49)56-70-58-54)38-15-27-44(28-16-38)60(41-21-5-35(6-22-41)11-31-47(65)66)42-23-7-36(8-24-42)12-32-48(67)68/h1-8,13-28H,9-12,29-32H2,(H,61,62)(H,63,64)(H,65,66)(H,67,68). The van der Waals surface area contributed by atoms with Crippen molar-refractivity contribution in [1.29, 1.82) is 0 Å². The molecule has 7 aromatic carbocycles. The SMILES string of the molecule is O=C(O)CCc1ccc(N(c2ccc(CCC(=O)O)cc2)c2ccc(-c3c4c(c(-c5ccc(N(c6ccc(CCC(=O)O)cc6)c6ccc(CCC(=O)O)cc6)cc5)c5nsnc35)N=S=N4)cc2)cc1. The monoisotopic (exact) mass is 968 g/mol. The van der Waals surface area contributed by atoms with Crippen molar-refractivity contribution >= 4 is 103 Å². The number of fused-ring (bicyclic) bond motifs is 2. The van der Waals surface area contributed by atoms with E-state index < -0.39 is 23.9 Å². The zero-order valence-electron chi connectivity index (χ0n) is 37.4. The van der Waals surface area contributed by atoms with Crippen molar-refractivity contribution in [3.63, 3.8) is 0 Å². The number of carboxylic acids is 4. The van der Waals surface area contributed by atoms with Gasteiger partial charge in [0.25, 0.3) is 0 Å². The Kier molecular flexibility index (Phi) is 14.0. The third-order valence-corrected chi connectivity index (χ3v) is 13.1. The number of anilines is 6. The first-order chi connectivity index (χ1) is 34.0. The van der Waals surface area contributed by atoms with Crippen LogP contribution in [0.15, 0.2) is 154 Å². The Morgan fingerprint density at radius 1 is 0.371 bits per heavy atom. The van der Waals surface area contributed by atoms with E-state index in [1.54, 1.807) is 0 Å². The third kappa shape index (κ3) is 10.5. The maximum Gasteiger partial charge on any atom is 0.303 e. The molecule has 14 nitrogen and oxygen atoms in total. The zero-order chi connectivity index (χ0) is 48.7. The van der Waals surface area contributed by atoms with Crippen molar-refractivity contribution in [2.24, 2.45) is 8.73 Å². The lowest BCUT2D eigenvalue weighted by molar-refractivity contribution is -0.138. The summed E-state index contributed by atoms with van der Waals surface area (Å²) in [6, 6.07) is 47.4. The minimum absolute atomic E-state index is 0.0321. The molecule has 0 bridgehead atoms. The summed E-state index contributed by atoms with van der Waals surface area (Å²) >= 11 is 2.23. The number of hydrogen-bond donors (Lipinski definition) is 4. The van der Waals surface area contributed by atoms with E-state index >= 15 is 0 Å². The molecule has 0 saturated heterocycles. The minimum atomic E-state index is -0.856. The molecular weight excluding hydrogens is 925 g/mol. The van der Waals surface area contributed by atoms with E-state index in [2.05, 4.69) is 9.80 Å². The summed E-state index contributed by atoms with van der Waals surface area (Å²) in [5.74, 6) is -3.42. The quantitative estimate of drug-likeness (QED) is 0.0563. The van der Waals surface area contributed by atoms with Crippen LogP contribution >= 0.6 is 11.7 Å². The first-order valence-electron chi connectivity index (χ1n) is 22.4. The molecule has 1 aliphatic heterocycles. The summed E-state index contributed by atoms with van der Waals surface area (Å²) in [4.78, 5) is 49.2. The highest BCUT2D eigenvalue weighted by Gasteiger charge is 2.27. The van der Waals surface area contributed by atoms with Crippen LogP contribution in [0.4, 0.5) is 45.5 Å². The van der Waals surface area contributed by atoms with Crippen LogP contribution in [0, 0.1) is 0 Å². The van der Waals surface area contributed by atoms with Gasteiger partial charge in [0.1, 0.15) is 22.4 Å². The summed E-state index contributed by atoms with van der Waals surface area (Å²) in [7, 11) is 0. The Hall–Kier alpha value is -8.34. The van der Waals surface area contributed by atoms with Crippen LogP contribution in [-0.2, 0) is 56.2 Å². The molecule has 0 amide bonds. The second-order valence-corrected chi connectivity index (χ2v) is 17.7. The molecule has 2 heterocycles. The molecule has 350 valence electrons. The van der Waals surface area contributed by atoms with Crippen LogP contribution in [-0.4, -0.2) is 53.1 Å². The smallest absolute Gasteiger partial charge is 0.303 e. The predicted molar refractivity (Wildman–Crippen MR) is 273 cm³/mol. The van der Waals surface area contributed by atoms with E-state index in [0.717, 1.165) is 102 Å². The molecule has 0 spiro atoms. The Labute approximate surface area is 410 Å². The van der Waals surface area contributed by atoms with Crippen molar-refractivity contribution in [1.82, 2.24) is 8.75 Å². The molecule has 16 heteroatoms. The lowest BCUT2D eigenvalue weighted by Crippen LogP contribution is -2.10. The van der Waals surface area contributed by atoms with Gasteiger partial charge in [-0.05, 0) is 132 Å². The van der Waals surface area contributed by atoms with Crippen molar-refractivity contribution in [3.8, 4) is 22.3 Å². The lowest BCUT2D eigenvalue weighted by atomic mass is 9.93. The Morgan fingerprint density at radius 3 is 0.857 bits per heavy atom. The van der Waals surface area contributed by atoms with E-state index in [4.69, 9.17) is 17.5 Å². The fourth-order valence-electron chi connectivity index (χ4n) is 8.51. The average molecular weight is 969 g/mol. The van der Waals surface area contributed by atoms with Gasteiger partial charge in [0.15, 0.2) is 0 Å². The van der Waals surface area contributed by atoms with Crippen LogP contribution in [0.5, 0.6) is 0 Å². The summed E-state index contributed by atoms with van der Waals surface area (Å²) in [5, 5.41) is 37.0. The Balaban J connectivity index is 1.05. The largest absolute Gasteiger partial charge is 0.481 e. The van der Waals surface area contributed by atoms with Gasteiger partial charge in [-0.1, -0.05) is 72.8 Å². The molecule has 0 unspecified atom stereocenters. The van der Waals surface area contributed by atoms with Crippen molar-refractivity contribution < 1.29 is 39.6 Å². The number of carbonyl (C=O) groups is 4. The summed E-state index contributed by atoms with van der Waals surface area (Å²) in [6.07, 6.45) is 1.77. The van der Waals surface area contributed by atoms with Crippen molar-refractivity contribution in [2.45, 2.75) is 51.4 Å². The van der Waals surface area contributed by atoms with Gasteiger partial charge < -0.3 is 30.2 Å². The number of hydrogen-bond acceptors (Lipinski definition) is 11. The predicted octanol–water partition coefficient (Wildman–Crippen LogP) is 12.8. The van der Waals surface area contributed by atoms with Crippen LogP contribution < -0.4 is 9.80 Å². The summed E-state index contributed by atoms with van der Waals surface area (Å²) < 4.78 is 19.3. The van der Waals surface area contributed by atoms with E-state index in [1.165, 1.54) is 0 Å². The van der Waals surface area contributed by atoms with E-state index in [0.29, 0.717) is 48.1 Å². The van der Waals surface area contributed by atoms with Gasteiger partial charge in [0.05, 0.1) is 23.1 Å². The van der Waals surface area contributed by atoms with E-state index in [-0.39, 0.29) is 25.7 Å². The molecule has 0 saturated carbocycles. The maximum absolute atomic E-state index is 11.3. The van der Waals surface area contributed by atoms with Gasteiger partial charge in [0, 0.05) is 70.9 Å². The van der Waals surface area contributed by atoms with Crippen LogP contribution in [0.2, 0.25) is 0 Å². The fourth-order valence-corrected chi connectivity index (χ4v) is 9.62. The third-order valence-electron chi connectivity index (χ3n) is 12.0. The van der Waals surface area contributed by atoms with Crippen LogP contribution in [0.1, 0.15) is 47.9 Å². The van der Waals surface area contributed by atoms with Gasteiger partial charge in [0.2, 0.25) is 0 Å². The second-order valence-electron chi connectivity index (χ2n) is 16.7. The average Bonchev–Trinajstić information content (AvgIpc) is 4.06. The summed E-state index contributed by atoms with van der Waals surface area (Å²) in [6.45, 7) is 0. The number of carboxylic acid groups (broad SMARTS) is 4. The number of aliphatic carboxylic acids is 4. The van der Waals surface area contributed by atoms with E-state index in [9.17, 15) is 39.6 Å². The lowest BCUT2D eigenvalue weighted by Gasteiger charge is -2.26. The number of nitrogens with zero attached hydrogens (tertiary/aromatic N) is 6. The van der Waals surface area contributed by atoms with Gasteiger partial charge >= 0.3 is 23.9 Å². The van der Waals surface area contributed by atoms with Crippen LogP contribution in [0.3, 0.4) is 0 Å². The highest BCUT2D eigenvalue weighted by Crippen LogP contribution is 2.52. The number of aryl methyl sites for hydroxylation is 4. The molecule has 70 heavy (non-hydrogen) atoms. The van der Waals surface area contributed by atoms with Crippen molar-refractivity contribution in [3.05, 3.63) is 168 Å². The molecule has 0 fully saturated rings. The molecule has 0 atom stereocenters. The number of benzene rings is 7. The van der Waals surface area contributed by atoms with Gasteiger partial charge in [-0.25, -0.2) is 0 Å². The zero-order valence-corrected chi connectivity index (χ0v) is 39.1. The summed E-state index contributed by atoms with van der Waals surface area (Å²) in [5.41, 5.74) is 14.9. The Morgan fingerprint density at radius 2 is 0.614 bits per heavy atom. The van der Waals surface area contributed by atoms with Crippen molar-refractivity contribution in [2.75, 3.05) is 9.80 Å². The van der Waals surface area contributed by atoms with Crippen LogP contribution in [0.25, 0.3) is 33.3 Å². The first-order valence-corrected chi connectivity index (χ1v) is 23.9. The van der Waals surface area contributed by atoms with Gasteiger partial charge in [-0.3, -0.25) is 19.2 Å². The highest BCUT2D eigenvalue weighted by molar-refractivity contribution is 7.58. The molecule has 0 radical (unpaired) electrons. The molecule has 9 rings (SSSR count).